The van der Waals surface area contributed by atoms with E-state index in [1.54, 1.807) is 4.90 Å². The number of halogens is 2. The zero-order valence-corrected chi connectivity index (χ0v) is 8.14. The summed E-state index contributed by atoms with van der Waals surface area (Å²) in [6.07, 6.45) is 1.37. The molecule has 0 radical (unpaired) electrons. The summed E-state index contributed by atoms with van der Waals surface area (Å²) in [5.74, 6) is -2.92. The van der Waals surface area contributed by atoms with Crippen LogP contribution in [0.25, 0.3) is 0 Å². The maximum atomic E-state index is 12.9. The molecule has 0 atom stereocenters. The van der Waals surface area contributed by atoms with E-state index in [2.05, 4.69) is 0 Å². The quantitative estimate of drug-likeness (QED) is 0.745. The zero-order chi connectivity index (χ0) is 10.6. The van der Waals surface area contributed by atoms with Gasteiger partial charge in [-0.05, 0) is 25.9 Å². The van der Waals surface area contributed by atoms with Gasteiger partial charge in [0.15, 0.2) is 0 Å². The molecule has 0 aliphatic carbocycles. The molecule has 82 valence electrons. The molecule has 1 aliphatic rings. The lowest BCUT2D eigenvalue weighted by Gasteiger charge is -2.32. The summed E-state index contributed by atoms with van der Waals surface area (Å²) in [6, 6.07) is 0. The van der Waals surface area contributed by atoms with E-state index in [1.165, 1.54) is 0 Å². The van der Waals surface area contributed by atoms with Crippen molar-refractivity contribution in [2.45, 2.75) is 31.6 Å². The smallest absolute Gasteiger partial charge is 0.260 e. The highest BCUT2D eigenvalue weighted by Gasteiger charge is 2.34. The average Bonchev–Trinajstić information content (AvgIpc) is 2.01. The molecule has 0 aromatic carbocycles. The molecule has 0 unspecified atom stereocenters. The van der Waals surface area contributed by atoms with Crippen LogP contribution in [-0.2, 0) is 4.79 Å². The first kappa shape index (κ1) is 11.4. The third kappa shape index (κ3) is 4.00. The molecule has 0 spiro atoms. The largest absolute Gasteiger partial charge is 0.370 e. The van der Waals surface area contributed by atoms with Gasteiger partial charge in [0.2, 0.25) is 5.91 Å². The topological polar surface area (TPSA) is 46.3 Å². The molecule has 3 nitrogen and oxygen atoms in total. The number of alkyl halides is 2. The lowest BCUT2D eigenvalue weighted by Crippen LogP contribution is -2.43. The Labute approximate surface area is 82.2 Å². The fourth-order valence-corrected chi connectivity index (χ4v) is 1.71. The number of nitrogens with zero attached hydrogens (tertiary/aromatic N) is 1. The molecule has 5 heteroatoms. The monoisotopic (exact) mass is 206 g/mol. The van der Waals surface area contributed by atoms with Crippen LogP contribution in [0.2, 0.25) is 0 Å². The Morgan fingerprint density at radius 3 is 2.79 bits per heavy atom. The first-order valence-corrected chi connectivity index (χ1v) is 4.88. The molecule has 1 heterocycles. The summed E-state index contributed by atoms with van der Waals surface area (Å²) in [5, 5.41) is 0. The normalized spacial score (nSPS) is 22.1. The minimum atomic E-state index is -2.55. The predicted molar refractivity (Wildman–Crippen MR) is 49.0 cm³/mol. The van der Waals surface area contributed by atoms with Gasteiger partial charge < -0.3 is 5.73 Å². The van der Waals surface area contributed by atoms with Crippen molar-refractivity contribution in [1.82, 2.24) is 4.90 Å². The lowest BCUT2D eigenvalue weighted by atomic mass is 10.1. The molecular weight excluding hydrogens is 190 g/mol. The van der Waals surface area contributed by atoms with Gasteiger partial charge in [0, 0.05) is 12.8 Å². The molecule has 1 aliphatic heterocycles. The Hall–Kier alpha value is -0.710. The van der Waals surface area contributed by atoms with Gasteiger partial charge in [0.1, 0.15) is 0 Å². The minimum absolute atomic E-state index is 0.0146. The molecule has 1 rings (SSSR count). The molecule has 0 saturated carbocycles. The van der Waals surface area contributed by atoms with Crippen molar-refractivity contribution in [3.8, 4) is 0 Å². The van der Waals surface area contributed by atoms with Gasteiger partial charge in [0.25, 0.3) is 5.92 Å². The summed E-state index contributed by atoms with van der Waals surface area (Å²) < 4.78 is 25.8. The van der Waals surface area contributed by atoms with Crippen LogP contribution in [0, 0.1) is 0 Å². The van der Waals surface area contributed by atoms with Gasteiger partial charge in [-0.2, -0.15) is 0 Å². The zero-order valence-electron chi connectivity index (χ0n) is 8.14. The SMILES string of the molecule is NC(=O)CCCN1CCCC(F)(F)C1. The second-order valence-corrected chi connectivity index (χ2v) is 3.81. The lowest BCUT2D eigenvalue weighted by molar-refractivity contribution is -0.118. The van der Waals surface area contributed by atoms with Crippen LogP contribution in [-0.4, -0.2) is 36.4 Å². The molecular formula is C9H16F2N2O. The molecule has 1 amide bonds. The Bertz CT molecular complexity index is 209. The maximum Gasteiger partial charge on any atom is 0.260 e. The van der Waals surface area contributed by atoms with Gasteiger partial charge in [-0.3, -0.25) is 9.69 Å². The van der Waals surface area contributed by atoms with Crippen LogP contribution < -0.4 is 5.73 Å². The van der Waals surface area contributed by atoms with E-state index in [-0.39, 0.29) is 25.3 Å². The molecule has 0 aromatic rings. The molecule has 1 fully saturated rings. The fourth-order valence-electron chi connectivity index (χ4n) is 1.71. The van der Waals surface area contributed by atoms with Crippen molar-refractivity contribution >= 4 is 5.91 Å². The van der Waals surface area contributed by atoms with Crippen LogP contribution in [0.1, 0.15) is 25.7 Å². The summed E-state index contributed by atoms with van der Waals surface area (Å²) in [4.78, 5) is 12.1. The third-order valence-corrected chi connectivity index (χ3v) is 2.37. The van der Waals surface area contributed by atoms with Gasteiger partial charge in [-0.25, -0.2) is 8.78 Å². The number of carbonyl (C=O) groups is 1. The Balaban J connectivity index is 2.21. The van der Waals surface area contributed by atoms with E-state index in [0.717, 1.165) is 0 Å². The first-order valence-electron chi connectivity index (χ1n) is 4.88. The number of hydrogen-bond acceptors (Lipinski definition) is 2. The highest BCUT2D eigenvalue weighted by atomic mass is 19.3. The minimum Gasteiger partial charge on any atom is -0.370 e. The van der Waals surface area contributed by atoms with Crippen molar-refractivity contribution in [1.29, 1.82) is 0 Å². The van der Waals surface area contributed by atoms with E-state index in [0.29, 0.717) is 25.9 Å². The van der Waals surface area contributed by atoms with Crippen molar-refractivity contribution in [2.24, 2.45) is 5.73 Å². The molecule has 2 N–H and O–H groups in total. The Morgan fingerprint density at radius 2 is 2.21 bits per heavy atom. The van der Waals surface area contributed by atoms with Gasteiger partial charge >= 0.3 is 0 Å². The number of carbonyl (C=O) groups excluding carboxylic acids is 1. The highest BCUT2D eigenvalue weighted by Crippen LogP contribution is 2.26. The highest BCUT2D eigenvalue weighted by molar-refractivity contribution is 5.73. The maximum absolute atomic E-state index is 12.9. The molecule has 0 bridgehead atoms. The van der Waals surface area contributed by atoms with Crippen LogP contribution in [0.4, 0.5) is 8.78 Å². The average molecular weight is 206 g/mol. The standard InChI is InChI=1S/C9H16F2N2O/c10-9(11)4-2-6-13(7-9)5-1-3-8(12)14/h1-7H2,(H2,12,14). The van der Waals surface area contributed by atoms with Crippen LogP contribution in [0.3, 0.4) is 0 Å². The van der Waals surface area contributed by atoms with Crippen LogP contribution in [0.5, 0.6) is 0 Å². The fraction of sp³-hybridized carbons (Fsp3) is 0.889. The second kappa shape index (κ2) is 4.68. The van der Waals surface area contributed by atoms with Crippen molar-refractivity contribution in [3.63, 3.8) is 0 Å². The van der Waals surface area contributed by atoms with E-state index in [1.807, 2.05) is 0 Å². The molecule has 14 heavy (non-hydrogen) atoms. The molecule has 0 aromatic heterocycles. The first-order chi connectivity index (χ1) is 6.49. The summed E-state index contributed by atoms with van der Waals surface area (Å²) >= 11 is 0. The Kier molecular flexibility index (Phi) is 3.80. The van der Waals surface area contributed by atoms with E-state index in [4.69, 9.17) is 5.73 Å². The number of hydrogen-bond donors (Lipinski definition) is 1. The van der Waals surface area contributed by atoms with Crippen molar-refractivity contribution in [2.75, 3.05) is 19.6 Å². The van der Waals surface area contributed by atoms with Gasteiger partial charge in [-0.15, -0.1) is 0 Å². The predicted octanol–water partition coefficient (Wildman–Crippen LogP) is 0.983. The Morgan fingerprint density at radius 1 is 1.50 bits per heavy atom. The van der Waals surface area contributed by atoms with Crippen LogP contribution >= 0.6 is 0 Å². The number of likely N-dealkylation sites (tertiary alicyclic amines) is 1. The number of piperidine rings is 1. The van der Waals surface area contributed by atoms with E-state index < -0.39 is 5.92 Å². The number of primary amides is 1. The van der Waals surface area contributed by atoms with E-state index in [9.17, 15) is 13.6 Å². The summed E-state index contributed by atoms with van der Waals surface area (Å²) in [7, 11) is 0. The summed E-state index contributed by atoms with van der Waals surface area (Å²) in [5.41, 5.74) is 4.96. The van der Waals surface area contributed by atoms with Crippen molar-refractivity contribution in [3.05, 3.63) is 0 Å². The number of amides is 1. The van der Waals surface area contributed by atoms with Gasteiger partial charge in [0.05, 0.1) is 6.54 Å². The number of nitrogens with two attached hydrogens (primary N) is 1. The van der Waals surface area contributed by atoms with Crippen molar-refractivity contribution < 1.29 is 13.6 Å². The summed E-state index contributed by atoms with van der Waals surface area (Å²) in [6.45, 7) is 1.07. The van der Waals surface area contributed by atoms with E-state index >= 15 is 0 Å². The third-order valence-electron chi connectivity index (χ3n) is 2.37. The molecule has 1 saturated heterocycles. The number of rotatable bonds is 4. The second-order valence-electron chi connectivity index (χ2n) is 3.81. The van der Waals surface area contributed by atoms with Gasteiger partial charge in [-0.1, -0.05) is 0 Å². The van der Waals surface area contributed by atoms with Crippen LogP contribution in [0.15, 0.2) is 0 Å².